The molecule has 7 heteroatoms. The molecule has 3 heterocycles. The van der Waals surface area contributed by atoms with Crippen LogP contribution in [0.25, 0.3) is 0 Å². The highest BCUT2D eigenvalue weighted by Gasteiger charge is 2.34. The van der Waals surface area contributed by atoms with Gasteiger partial charge in [0, 0.05) is 33.3 Å². The van der Waals surface area contributed by atoms with Crippen LogP contribution in [-0.2, 0) is 4.74 Å². The number of anilines is 1. The van der Waals surface area contributed by atoms with Gasteiger partial charge in [-0.3, -0.25) is 4.79 Å². The first-order valence-electron chi connectivity index (χ1n) is 8.29. The van der Waals surface area contributed by atoms with Gasteiger partial charge in [-0.1, -0.05) is 0 Å². The summed E-state index contributed by atoms with van der Waals surface area (Å²) in [6.45, 7) is 4.23. The molecule has 2 atom stereocenters. The molecule has 1 N–H and O–H groups in total. The molecule has 1 amide bonds. The highest BCUT2D eigenvalue weighted by atomic mass is 16.5. The Morgan fingerprint density at radius 1 is 1.35 bits per heavy atom. The maximum Gasteiger partial charge on any atom is 0.271 e. The van der Waals surface area contributed by atoms with E-state index in [-0.39, 0.29) is 12.0 Å². The molecule has 23 heavy (non-hydrogen) atoms. The molecule has 0 bridgehead atoms. The maximum absolute atomic E-state index is 11.6. The van der Waals surface area contributed by atoms with Crippen LogP contribution < -0.4 is 10.2 Å². The SMILES string of the molecule is CNC(=O)c1ccc(N2C[C@@H](OC)C[C@H]2CN2CCCC2)nn1. The van der Waals surface area contributed by atoms with E-state index < -0.39 is 0 Å². The third kappa shape index (κ3) is 3.61. The molecule has 126 valence electrons. The zero-order chi connectivity index (χ0) is 16.2. The lowest BCUT2D eigenvalue weighted by Crippen LogP contribution is -2.40. The van der Waals surface area contributed by atoms with Gasteiger partial charge in [0.1, 0.15) is 0 Å². The van der Waals surface area contributed by atoms with Gasteiger partial charge >= 0.3 is 0 Å². The molecule has 2 aliphatic rings. The molecule has 3 rings (SSSR count). The summed E-state index contributed by atoms with van der Waals surface area (Å²) in [5.41, 5.74) is 0.342. The number of methoxy groups -OCH3 is 1. The highest BCUT2D eigenvalue weighted by Crippen LogP contribution is 2.26. The second-order valence-electron chi connectivity index (χ2n) is 6.26. The molecule has 2 fully saturated rings. The summed E-state index contributed by atoms with van der Waals surface area (Å²) in [4.78, 5) is 16.4. The van der Waals surface area contributed by atoms with E-state index in [9.17, 15) is 4.79 Å². The molecular formula is C16H25N5O2. The monoisotopic (exact) mass is 319 g/mol. The average Bonchev–Trinajstić information content (AvgIpc) is 3.24. The number of hydrogen-bond acceptors (Lipinski definition) is 6. The number of amides is 1. The molecule has 1 aromatic heterocycles. The van der Waals surface area contributed by atoms with Gasteiger partial charge in [0.25, 0.3) is 5.91 Å². The van der Waals surface area contributed by atoms with Crippen LogP contribution in [0.15, 0.2) is 12.1 Å². The Labute approximate surface area is 137 Å². The van der Waals surface area contributed by atoms with Crippen molar-refractivity contribution in [3.63, 3.8) is 0 Å². The molecule has 2 saturated heterocycles. The van der Waals surface area contributed by atoms with Crippen molar-refractivity contribution in [3.8, 4) is 0 Å². The summed E-state index contributed by atoms with van der Waals surface area (Å²) in [6.07, 6.45) is 3.82. The number of carbonyl (C=O) groups excluding carboxylic acids is 1. The number of ether oxygens (including phenoxy) is 1. The first kappa shape index (κ1) is 16.1. The topological polar surface area (TPSA) is 70.6 Å². The summed E-state index contributed by atoms with van der Waals surface area (Å²) in [5, 5.41) is 10.9. The van der Waals surface area contributed by atoms with E-state index in [1.165, 1.54) is 25.9 Å². The lowest BCUT2D eigenvalue weighted by atomic mass is 10.2. The Kier molecular flexibility index (Phi) is 5.07. The minimum atomic E-state index is -0.214. The van der Waals surface area contributed by atoms with Crippen LogP contribution in [0.1, 0.15) is 29.8 Å². The number of aromatic nitrogens is 2. The molecule has 0 unspecified atom stereocenters. The van der Waals surface area contributed by atoms with Gasteiger partial charge in [-0.25, -0.2) is 0 Å². The van der Waals surface area contributed by atoms with E-state index in [0.717, 1.165) is 25.3 Å². The van der Waals surface area contributed by atoms with Gasteiger partial charge in [-0.15, -0.1) is 10.2 Å². The Bertz CT molecular complexity index is 530. The number of nitrogens with one attached hydrogen (secondary N) is 1. The van der Waals surface area contributed by atoms with Gasteiger partial charge in [0.2, 0.25) is 0 Å². The van der Waals surface area contributed by atoms with Gasteiger partial charge in [0.05, 0.1) is 6.10 Å². The lowest BCUT2D eigenvalue weighted by molar-refractivity contribution is 0.0957. The lowest BCUT2D eigenvalue weighted by Gasteiger charge is -2.28. The van der Waals surface area contributed by atoms with E-state index >= 15 is 0 Å². The first-order valence-corrected chi connectivity index (χ1v) is 8.29. The molecular weight excluding hydrogens is 294 g/mol. The maximum atomic E-state index is 11.6. The van der Waals surface area contributed by atoms with Gasteiger partial charge in [-0.05, 0) is 44.5 Å². The highest BCUT2D eigenvalue weighted by molar-refractivity contribution is 5.91. The zero-order valence-corrected chi connectivity index (χ0v) is 13.9. The second kappa shape index (κ2) is 7.23. The van der Waals surface area contributed by atoms with E-state index in [1.54, 1.807) is 20.2 Å². The normalized spacial score (nSPS) is 25.0. The fourth-order valence-corrected chi connectivity index (χ4v) is 3.49. The molecule has 0 aliphatic carbocycles. The molecule has 1 aromatic rings. The molecule has 0 aromatic carbocycles. The van der Waals surface area contributed by atoms with Crippen molar-refractivity contribution in [3.05, 3.63) is 17.8 Å². The van der Waals surface area contributed by atoms with E-state index in [2.05, 4.69) is 25.3 Å². The van der Waals surface area contributed by atoms with Crippen LogP contribution >= 0.6 is 0 Å². The number of rotatable bonds is 5. The fourth-order valence-electron chi connectivity index (χ4n) is 3.49. The quantitative estimate of drug-likeness (QED) is 0.853. The van der Waals surface area contributed by atoms with Crippen molar-refractivity contribution in [1.29, 1.82) is 0 Å². The average molecular weight is 319 g/mol. The number of nitrogens with zero attached hydrogens (tertiary/aromatic N) is 4. The van der Waals surface area contributed by atoms with Crippen LogP contribution in [0.3, 0.4) is 0 Å². The van der Waals surface area contributed by atoms with Crippen molar-refractivity contribution in [2.75, 3.05) is 45.2 Å². The number of hydrogen-bond donors (Lipinski definition) is 1. The Balaban J connectivity index is 1.73. The molecule has 0 saturated carbocycles. The predicted octanol–water partition coefficient (Wildman–Crippen LogP) is 0.526. The smallest absolute Gasteiger partial charge is 0.271 e. The van der Waals surface area contributed by atoms with Crippen molar-refractivity contribution in [2.45, 2.75) is 31.4 Å². The van der Waals surface area contributed by atoms with Crippen molar-refractivity contribution < 1.29 is 9.53 Å². The van der Waals surface area contributed by atoms with Crippen LogP contribution in [0, 0.1) is 0 Å². The van der Waals surface area contributed by atoms with Crippen LogP contribution in [0.5, 0.6) is 0 Å². The first-order chi connectivity index (χ1) is 11.2. The van der Waals surface area contributed by atoms with Crippen molar-refractivity contribution in [1.82, 2.24) is 20.4 Å². The second-order valence-corrected chi connectivity index (χ2v) is 6.26. The molecule has 0 spiro atoms. The number of likely N-dealkylation sites (tertiary alicyclic amines) is 1. The predicted molar refractivity (Wildman–Crippen MR) is 87.6 cm³/mol. The minimum Gasteiger partial charge on any atom is -0.380 e. The zero-order valence-electron chi connectivity index (χ0n) is 13.9. The van der Waals surface area contributed by atoms with E-state index in [0.29, 0.717) is 11.7 Å². The van der Waals surface area contributed by atoms with E-state index in [1.807, 2.05) is 6.07 Å². The Morgan fingerprint density at radius 3 is 2.74 bits per heavy atom. The molecule has 7 nitrogen and oxygen atoms in total. The fraction of sp³-hybridized carbons (Fsp3) is 0.688. The van der Waals surface area contributed by atoms with Crippen molar-refractivity contribution >= 4 is 11.7 Å². The standard InChI is InChI=1S/C16H25N5O2/c1-17-16(22)14-5-6-15(19-18-14)21-11-13(23-2)9-12(21)10-20-7-3-4-8-20/h5-6,12-13H,3-4,7-11H2,1-2H3,(H,17,22)/t12-,13-/m0/s1. The largest absolute Gasteiger partial charge is 0.380 e. The summed E-state index contributed by atoms with van der Waals surface area (Å²) >= 11 is 0. The summed E-state index contributed by atoms with van der Waals surface area (Å²) < 4.78 is 5.56. The molecule has 0 radical (unpaired) electrons. The van der Waals surface area contributed by atoms with Crippen LogP contribution in [-0.4, -0.2) is 73.5 Å². The third-order valence-electron chi connectivity index (χ3n) is 4.78. The van der Waals surface area contributed by atoms with Crippen LogP contribution in [0.2, 0.25) is 0 Å². The summed E-state index contributed by atoms with van der Waals surface area (Å²) in [6, 6.07) is 4.00. The summed E-state index contributed by atoms with van der Waals surface area (Å²) in [7, 11) is 3.36. The Morgan fingerprint density at radius 2 is 2.13 bits per heavy atom. The third-order valence-corrected chi connectivity index (χ3v) is 4.78. The van der Waals surface area contributed by atoms with Gasteiger partial charge in [-0.2, -0.15) is 0 Å². The van der Waals surface area contributed by atoms with Crippen LogP contribution in [0.4, 0.5) is 5.82 Å². The van der Waals surface area contributed by atoms with E-state index in [4.69, 9.17) is 4.74 Å². The number of carbonyl (C=O) groups is 1. The summed E-state index contributed by atoms with van der Waals surface area (Å²) in [5.74, 6) is 0.607. The van der Waals surface area contributed by atoms with Gasteiger partial charge < -0.3 is 19.9 Å². The molecule has 2 aliphatic heterocycles. The minimum absolute atomic E-state index is 0.214. The van der Waals surface area contributed by atoms with Gasteiger partial charge in [0.15, 0.2) is 11.5 Å². The Hall–Kier alpha value is -1.73. The van der Waals surface area contributed by atoms with Crippen molar-refractivity contribution in [2.24, 2.45) is 0 Å².